The molecule has 1 aliphatic rings. The van der Waals surface area contributed by atoms with E-state index in [4.69, 9.17) is 4.74 Å². The number of nitrogens with zero attached hydrogens (tertiary/aromatic N) is 1. The summed E-state index contributed by atoms with van der Waals surface area (Å²) in [5, 5.41) is 4.51. The largest absolute Gasteiger partial charge is 0.489 e. The molecule has 1 aliphatic heterocycles. The number of pyridine rings is 1. The molecule has 3 nitrogen and oxygen atoms in total. The van der Waals surface area contributed by atoms with Crippen LogP contribution in [0.2, 0.25) is 0 Å². The molecule has 0 saturated carbocycles. The first-order valence-corrected chi connectivity index (χ1v) is 6.14. The maximum Gasteiger partial charge on any atom is 0.121 e. The molecule has 0 aliphatic carbocycles. The van der Waals surface area contributed by atoms with Crippen LogP contribution in [-0.4, -0.2) is 24.2 Å². The van der Waals surface area contributed by atoms with Crippen LogP contribution in [0.5, 0.6) is 5.75 Å². The Kier molecular flexibility index (Phi) is 2.92. The molecule has 88 valence electrons. The van der Waals surface area contributed by atoms with Gasteiger partial charge in [-0.2, -0.15) is 0 Å². The molecule has 17 heavy (non-hydrogen) atoms. The Morgan fingerprint density at radius 3 is 3.18 bits per heavy atom. The van der Waals surface area contributed by atoms with Gasteiger partial charge in [-0.15, -0.1) is 0 Å². The van der Waals surface area contributed by atoms with E-state index in [1.807, 2.05) is 24.4 Å². The lowest BCUT2D eigenvalue weighted by atomic mass is 10.1. The number of aromatic nitrogens is 1. The molecule has 2 aromatic rings. The third-order valence-corrected chi connectivity index (χ3v) is 3.13. The number of benzene rings is 1. The van der Waals surface area contributed by atoms with Crippen molar-refractivity contribution in [3.05, 3.63) is 36.5 Å². The quantitative estimate of drug-likeness (QED) is 0.856. The summed E-state index contributed by atoms with van der Waals surface area (Å²) in [7, 11) is 0. The van der Waals surface area contributed by atoms with Crippen molar-refractivity contribution in [2.45, 2.75) is 18.9 Å². The number of hydrogen-bond acceptors (Lipinski definition) is 3. The molecule has 1 fully saturated rings. The van der Waals surface area contributed by atoms with Crippen LogP contribution in [0.3, 0.4) is 0 Å². The van der Waals surface area contributed by atoms with Gasteiger partial charge in [-0.05, 0) is 37.6 Å². The molecule has 3 rings (SSSR count). The van der Waals surface area contributed by atoms with E-state index in [2.05, 4.69) is 22.4 Å². The SMILES string of the molecule is c1cnc2cc(OC3CCCNC3)ccc2c1. The van der Waals surface area contributed by atoms with Crippen LogP contribution in [0.1, 0.15) is 12.8 Å². The molecule has 1 unspecified atom stereocenters. The van der Waals surface area contributed by atoms with E-state index in [9.17, 15) is 0 Å². The highest BCUT2D eigenvalue weighted by molar-refractivity contribution is 5.79. The van der Waals surface area contributed by atoms with Gasteiger partial charge >= 0.3 is 0 Å². The van der Waals surface area contributed by atoms with Crippen LogP contribution in [0.15, 0.2) is 36.5 Å². The van der Waals surface area contributed by atoms with Gasteiger partial charge < -0.3 is 10.1 Å². The maximum atomic E-state index is 5.96. The first-order valence-electron chi connectivity index (χ1n) is 6.14. The van der Waals surface area contributed by atoms with E-state index < -0.39 is 0 Å². The van der Waals surface area contributed by atoms with Crippen LogP contribution in [-0.2, 0) is 0 Å². The molecule has 2 heterocycles. The summed E-state index contributed by atoms with van der Waals surface area (Å²) >= 11 is 0. The summed E-state index contributed by atoms with van der Waals surface area (Å²) in [4.78, 5) is 4.34. The number of nitrogens with one attached hydrogen (secondary N) is 1. The Bertz CT molecular complexity index is 506. The number of ether oxygens (including phenoxy) is 1. The molecule has 0 spiro atoms. The zero-order valence-electron chi connectivity index (χ0n) is 9.73. The molecule has 1 atom stereocenters. The maximum absolute atomic E-state index is 5.96. The van der Waals surface area contributed by atoms with Gasteiger partial charge in [-0.25, -0.2) is 0 Å². The van der Waals surface area contributed by atoms with E-state index in [1.54, 1.807) is 0 Å². The van der Waals surface area contributed by atoms with Crippen molar-refractivity contribution in [3.8, 4) is 5.75 Å². The Labute approximate surface area is 101 Å². The molecule has 0 amide bonds. The molecule has 3 heteroatoms. The van der Waals surface area contributed by atoms with E-state index in [1.165, 1.54) is 6.42 Å². The minimum Gasteiger partial charge on any atom is -0.489 e. The zero-order valence-corrected chi connectivity index (χ0v) is 9.73. The van der Waals surface area contributed by atoms with Crippen molar-refractivity contribution in [2.75, 3.05) is 13.1 Å². The van der Waals surface area contributed by atoms with Crippen molar-refractivity contribution in [2.24, 2.45) is 0 Å². The fourth-order valence-corrected chi connectivity index (χ4v) is 2.23. The van der Waals surface area contributed by atoms with Gasteiger partial charge in [-0.3, -0.25) is 4.98 Å². The average Bonchev–Trinajstić information content (AvgIpc) is 2.40. The Morgan fingerprint density at radius 2 is 2.29 bits per heavy atom. The summed E-state index contributed by atoms with van der Waals surface area (Å²) in [5.41, 5.74) is 0.994. The highest BCUT2D eigenvalue weighted by Crippen LogP contribution is 2.21. The molecule has 0 bridgehead atoms. The molecule has 1 aromatic heterocycles. The second kappa shape index (κ2) is 4.72. The topological polar surface area (TPSA) is 34.1 Å². The Hall–Kier alpha value is -1.61. The van der Waals surface area contributed by atoms with Crippen LogP contribution in [0.4, 0.5) is 0 Å². The first kappa shape index (κ1) is 10.5. The average molecular weight is 228 g/mol. The van der Waals surface area contributed by atoms with Crippen LogP contribution < -0.4 is 10.1 Å². The smallest absolute Gasteiger partial charge is 0.121 e. The molecule has 0 radical (unpaired) electrons. The monoisotopic (exact) mass is 228 g/mol. The number of fused-ring (bicyclic) bond motifs is 1. The lowest BCUT2D eigenvalue weighted by molar-refractivity contribution is 0.167. The lowest BCUT2D eigenvalue weighted by Gasteiger charge is -2.23. The van der Waals surface area contributed by atoms with E-state index in [0.717, 1.165) is 36.2 Å². The van der Waals surface area contributed by atoms with E-state index in [-0.39, 0.29) is 0 Å². The van der Waals surface area contributed by atoms with Gasteiger partial charge in [0.05, 0.1) is 5.52 Å². The minimum atomic E-state index is 0.296. The summed E-state index contributed by atoms with van der Waals surface area (Å²) in [6.07, 6.45) is 4.43. The standard InChI is InChI=1S/C14H16N2O/c1-3-11-5-6-12(9-14(11)16-8-1)17-13-4-2-7-15-10-13/h1,3,5-6,8-9,13,15H,2,4,7,10H2. The van der Waals surface area contributed by atoms with Crippen LogP contribution in [0, 0.1) is 0 Å². The summed E-state index contributed by atoms with van der Waals surface area (Å²) in [6, 6.07) is 10.1. The molecule has 1 saturated heterocycles. The number of piperidine rings is 1. The normalized spacial score (nSPS) is 20.4. The van der Waals surface area contributed by atoms with Gasteiger partial charge in [-0.1, -0.05) is 6.07 Å². The molecule has 1 N–H and O–H groups in total. The van der Waals surface area contributed by atoms with Gasteiger partial charge in [0, 0.05) is 24.2 Å². The third kappa shape index (κ3) is 2.39. The van der Waals surface area contributed by atoms with Gasteiger partial charge in [0.1, 0.15) is 11.9 Å². The van der Waals surface area contributed by atoms with Gasteiger partial charge in [0.25, 0.3) is 0 Å². The van der Waals surface area contributed by atoms with Crippen LogP contribution >= 0.6 is 0 Å². The van der Waals surface area contributed by atoms with Gasteiger partial charge in [0.15, 0.2) is 0 Å². The lowest BCUT2D eigenvalue weighted by Crippen LogP contribution is -2.37. The summed E-state index contributed by atoms with van der Waals surface area (Å²) in [6.45, 7) is 2.05. The van der Waals surface area contributed by atoms with E-state index in [0.29, 0.717) is 6.10 Å². The predicted octanol–water partition coefficient (Wildman–Crippen LogP) is 2.37. The minimum absolute atomic E-state index is 0.296. The molecular formula is C14H16N2O. The van der Waals surface area contributed by atoms with Crippen molar-refractivity contribution in [3.63, 3.8) is 0 Å². The van der Waals surface area contributed by atoms with Gasteiger partial charge in [0.2, 0.25) is 0 Å². The van der Waals surface area contributed by atoms with E-state index >= 15 is 0 Å². The third-order valence-electron chi connectivity index (χ3n) is 3.13. The summed E-state index contributed by atoms with van der Waals surface area (Å²) < 4.78 is 5.96. The van der Waals surface area contributed by atoms with Crippen molar-refractivity contribution < 1.29 is 4.74 Å². The fraction of sp³-hybridized carbons (Fsp3) is 0.357. The van der Waals surface area contributed by atoms with Crippen LogP contribution in [0.25, 0.3) is 10.9 Å². The first-order chi connectivity index (χ1) is 8.42. The highest BCUT2D eigenvalue weighted by Gasteiger charge is 2.14. The van der Waals surface area contributed by atoms with Crippen molar-refractivity contribution in [1.82, 2.24) is 10.3 Å². The predicted molar refractivity (Wildman–Crippen MR) is 68.3 cm³/mol. The van der Waals surface area contributed by atoms with Crippen molar-refractivity contribution >= 4 is 10.9 Å². The second-order valence-corrected chi connectivity index (χ2v) is 4.44. The number of rotatable bonds is 2. The van der Waals surface area contributed by atoms with Crippen molar-refractivity contribution in [1.29, 1.82) is 0 Å². The Morgan fingerprint density at radius 1 is 1.29 bits per heavy atom. The molecular weight excluding hydrogens is 212 g/mol. The number of hydrogen-bond donors (Lipinski definition) is 1. The molecule has 1 aromatic carbocycles. The second-order valence-electron chi connectivity index (χ2n) is 4.44. The fourth-order valence-electron chi connectivity index (χ4n) is 2.23. The zero-order chi connectivity index (χ0) is 11.5. The highest BCUT2D eigenvalue weighted by atomic mass is 16.5. The summed E-state index contributed by atoms with van der Waals surface area (Å²) in [5.74, 6) is 0.921. The Balaban J connectivity index is 1.80.